The SMILES string of the molecule is COc1ccc(CNC(=O)C(=O)N/N=C\c2cc(Br)ccc2OCC(=O)Nc2cc(C)cc(C)c2)cc1. The third-order valence-corrected chi connectivity index (χ3v) is 5.52. The number of aryl methyl sites for hydroxylation is 2. The van der Waals surface area contributed by atoms with E-state index in [2.05, 4.69) is 37.1 Å². The Hall–Kier alpha value is -4.18. The lowest BCUT2D eigenvalue weighted by Gasteiger charge is -2.11. The highest BCUT2D eigenvalue weighted by Gasteiger charge is 2.13. The summed E-state index contributed by atoms with van der Waals surface area (Å²) in [6.45, 7) is 3.86. The number of hydrogen-bond donors (Lipinski definition) is 3. The van der Waals surface area contributed by atoms with Crippen molar-refractivity contribution in [1.82, 2.24) is 10.7 Å². The molecule has 0 radical (unpaired) electrons. The minimum atomic E-state index is -0.921. The Bertz CT molecular complexity index is 1290. The molecule has 0 aliphatic heterocycles. The second-order valence-electron chi connectivity index (χ2n) is 8.13. The lowest BCUT2D eigenvalue weighted by Crippen LogP contribution is -2.37. The molecule has 3 amide bonds. The molecule has 0 aliphatic carbocycles. The fourth-order valence-electron chi connectivity index (χ4n) is 3.36. The molecule has 0 atom stereocenters. The summed E-state index contributed by atoms with van der Waals surface area (Å²) in [5.41, 5.74) is 6.26. The van der Waals surface area contributed by atoms with Gasteiger partial charge >= 0.3 is 11.8 Å². The Balaban J connectivity index is 1.53. The van der Waals surface area contributed by atoms with Crippen LogP contribution in [0.15, 0.2) is 70.2 Å². The maximum atomic E-state index is 12.4. The van der Waals surface area contributed by atoms with Crippen LogP contribution in [0.5, 0.6) is 11.5 Å². The molecule has 0 unspecified atom stereocenters. The molecule has 3 rings (SSSR count). The predicted octanol–water partition coefficient (Wildman–Crippen LogP) is 3.86. The normalized spacial score (nSPS) is 10.6. The van der Waals surface area contributed by atoms with Gasteiger partial charge in [-0.1, -0.05) is 34.1 Å². The zero-order valence-electron chi connectivity index (χ0n) is 20.6. The topological polar surface area (TPSA) is 118 Å². The Morgan fingerprint density at radius 3 is 2.32 bits per heavy atom. The van der Waals surface area contributed by atoms with Gasteiger partial charge in [-0.3, -0.25) is 14.4 Å². The van der Waals surface area contributed by atoms with Crippen molar-refractivity contribution in [2.24, 2.45) is 5.10 Å². The second-order valence-corrected chi connectivity index (χ2v) is 9.04. The van der Waals surface area contributed by atoms with Crippen LogP contribution in [-0.4, -0.2) is 37.7 Å². The van der Waals surface area contributed by atoms with E-state index < -0.39 is 11.8 Å². The first-order valence-electron chi connectivity index (χ1n) is 11.3. The summed E-state index contributed by atoms with van der Waals surface area (Å²) in [4.78, 5) is 36.5. The summed E-state index contributed by atoms with van der Waals surface area (Å²) in [6.07, 6.45) is 1.33. The van der Waals surface area contributed by atoms with Crippen molar-refractivity contribution in [3.05, 3.63) is 87.4 Å². The van der Waals surface area contributed by atoms with E-state index in [1.54, 1.807) is 49.6 Å². The van der Waals surface area contributed by atoms with E-state index in [4.69, 9.17) is 9.47 Å². The van der Waals surface area contributed by atoms with Gasteiger partial charge in [-0.05, 0) is 73.0 Å². The minimum Gasteiger partial charge on any atom is -0.497 e. The van der Waals surface area contributed by atoms with Crippen molar-refractivity contribution in [3.63, 3.8) is 0 Å². The summed E-state index contributed by atoms with van der Waals surface area (Å²) >= 11 is 3.37. The second kappa shape index (κ2) is 13.2. The van der Waals surface area contributed by atoms with E-state index in [-0.39, 0.29) is 19.1 Å². The van der Waals surface area contributed by atoms with Crippen LogP contribution >= 0.6 is 15.9 Å². The van der Waals surface area contributed by atoms with Gasteiger partial charge in [0.15, 0.2) is 6.61 Å². The van der Waals surface area contributed by atoms with Crippen LogP contribution in [0.2, 0.25) is 0 Å². The van der Waals surface area contributed by atoms with Crippen LogP contribution in [0.3, 0.4) is 0 Å². The van der Waals surface area contributed by atoms with E-state index in [0.29, 0.717) is 22.7 Å². The zero-order valence-corrected chi connectivity index (χ0v) is 22.2. The van der Waals surface area contributed by atoms with Gasteiger partial charge in [-0.2, -0.15) is 5.10 Å². The monoisotopic (exact) mass is 566 g/mol. The lowest BCUT2D eigenvalue weighted by atomic mass is 10.1. The number of halogens is 1. The van der Waals surface area contributed by atoms with Gasteiger partial charge in [0.25, 0.3) is 5.91 Å². The number of anilines is 1. The number of hydrogen-bond acceptors (Lipinski definition) is 6. The Morgan fingerprint density at radius 2 is 1.65 bits per heavy atom. The number of ether oxygens (including phenoxy) is 2. The van der Waals surface area contributed by atoms with Gasteiger partial charge in [-0.25, -0.2) is 5.43 Å². The first kappa shape index (κ1) is 27.4. The van der Waals surface area contributed by atoms with Crippen LogP contribution in [0, 0.1) is 13.8 Å². The number of amides is 3. The number of benzene rings is 3. The maximum absolute atomic E-state index is 12.4. The molecule has 9 nitrogen and oxygen atoms in total. The first-order valence-corrected chi connectivity index (χ1v) is 12.1. The largest absolute Gasteiger partial charge is 0.497 e. The quantitative estimate of drug-likeness (QED) is 0.206. The summed E-state index contributed by atoms with van der Waals surface area (Å²) in [5, 5.41) is 9.19. The van der Waals surface area contributed by atoms with E-state index >= 15 is 0 Å². The summed E-state index contributed by atoms with van der Waals surface area (Å²) < 4.78 is 11.5. The van der Waals surface area contributed by atoms with Crippen LogP contribution in [0.4, 0.5) is 5.69 Å². The number of methoxy groups -OCH3 is 1. The highest BCUT2D eigenvalue weighted by atomic mass is 79.9. The van der Waals surface area contributed by atoms with E-state index in [1.807, 2.05) is 32.0 Å². The molecule has 10 heteroatoms. The van der Waals surface area contributed by atoms with Crippen LogP contribution in [-0.2, 0) is 20.9 Å². The molecule has 0 fully saturated rings. The van der Waals surface area contributed by atoms with Crippen molar-refractivity contribution >= 4 is 45.6 Å². The molecule has 0 spiro atoms. The van der Waals surface area contributed by atoms with Crippen molar-refractivity contribution in [1.29, 1.82) is 0 Å². The number of carbonyl (C=O) groups excluding carboxylic acids is 3. The Kier molecular flexibility index (Phi) is 9.79. The summed E-state index contributed by atoms with van der Waals surface area (Å²) in [6, 6.07) is 18.0. The molecule has 0 heterocycles. The number of nitrogens with zero attached hydrogens (tertiary/aromatic N) is 1. The third-order valence-electron chi connectivity index (χ3n) is 5.02. The molecular weight excluding hydrogens is 540 g/mol. The van der Waals surface area contributed by atoms with Gasteiger partial charge in [0.05, 0.1) is 13.3 Å². The van der Waals surface area contributed by atoms with E-state index in [0.717, 1.165) is 21.2 Å². The molecule has 3 aromatic carbocycles. The van der Waals surface area contributed by atoms with Crippen molar-refractivity contribution in [2.75, 3.05) is 19.0 Å². The highest BCUT2D eigenvalue weighted by molar-refractivity contribution is 9.10. The van der Waals surface area contributed by atoms with Crippen molar-refractivity contribution < 1.29 is 23.9 Å². The fraction of sp³-hybridized carbons (Fsp3) is 0.185. The van der Waals surface area contributed by atoms with Crippen molar-refractivity contribution in [3.8, 4) is 11.5 Å². The van der Waals surface area contributed by atoms with Gasteiger partial charge in [0.2, 0.25) is 0 Å². The zero-order chi connectivity index (χ0) is 26.8. The molecule has 0 saturated carbocycles. The molecular formula is C27H27BrN4O5. The molecule has 37 heavy (non-hydrogen) atoms. The van der Waals surface area contributed by atoms with Crippen LogP contribution in [0.25, 0.3) is 0 Å². The predicted molar refractivity (Wildman–Crippen MR) is 145 cm³/mol. The first-order chi connectivity index (χ1) is 17.7. The Morgan fingerprint density at radius 1 is 0.946 bits per heavy atom. The van der Waals surface area contributed by atoms with E-state index in [9.17, 15) is 14.4 Å². The Labute approximate surface area is 223 Å². The number of rotatable bonds is 9. The van der Waals surface area contributed by atoms with Crippen LogP contribution in [0.1, 0.15) is 22.3 Å². The molecule has 0 saturated heterocycles. The summed E-state index contributed by atoms with van der Waals surface area (Å²) in [5.74, 6) is -1.00. The number of carbonyl (C=O) groups is 3. The van der Waals surface area contributed by atoms with E-state index in [1.165, 1.54) is 6.21 Å². The average molecular weight is 567 g/mol. The van der Waals surface area contributed by atoms with Gasteiger partial charge in [0, 0.05) is 22.3 Å². The molecule has 3 aromatic rings. The lowest BCUT2D eigenvalue weighted by molar-refractivity contribution is -0.139. The fourth-order valence-corrected chi connectivity index (χ4v) is 3.73. The molecule has 3 N–H and O–H groups in total. The van der Waals surface area contributed by atoms with Gasteiger partial charge in [0.1, 0.15) is 11.5 Å². The minimum absolute atomic E-state index is 0.174. The highest BCUT2D eigenvalue weighted by Crippen LogP contribution is 2.22. The molecule has 192 valence electrons. The number of hydrazone groups is 1. The van der Waals surface area contributed by atoms with Gasteiger partial charge < -0.3 is 20.1 Å². The third kappa shape index (κ3) is 8.76. The van der Waals surface area contributed by atoms with Crippen LogP contribution < -0.4 is 25.5 Å². The standard InChI is InChI=1S/C27H27BrN4O5/c1-17-10-18(2)12-22(11-17)31-25(33)16-37-24-9-6-21(28)13-20(24)15-30-32-27(35)26(34)29-14-19-4-7-23(36-3)8-5-19/h4-13,15H,14,16H2,1-3H3,(H,29,34)(H,31,33)(H,32,35)/b30-15-. The number of nitrogens with one attached hydrogen (secondary N) is 3. The maximum Gasteiger partial charge on any atom is 0.329 e. The van der Waals surface area contributed by atoms with Gasteiger partial charge in [-0.15, -0.1) is 0 Å². The van der Waals surface area contributed by atoms with Crippen molar-refractivity contribution in [2.45, 2.75) is 20.4 Å². The smallest absolute Gasteiger partial charge is 0.329 e. The molecule has 0 bridgehead atoms. The molecule has 0 aromatic heterocycles. The molecule has 0 aliphatic rings. The average Bonchev–Trinajstić information content (AvgIpc) is 2.86. The summed E-state index contributed by atoms with van der Waals surface area (Å²) in [7, 11) is 1.56.